The maximum absolute atomic E-state index is 11.1. The highest BCUT2D eigenvalue weighted by Gasteiger charge is 2.10. The van der Waals surface area contributed by atoms with E-state index in [0.717, 1.165) is 11.3 Å². The minimum absolute atomic E-state index is 0.122. The number of aryl methyl sites for hydroxylation is 2. The maximum atomic E-state index is 11.1. The molecule has 3 atom stereocenters. The lowest BCUT2D eigenvalue weighted by atomic mass is 10.1. The lowest BCUT2D eigenvalue weighted by Crippen LogP contribution is -2.39. The van der Waals surface area contributed by atoms with Crippen LogP contribution < -0.4 is 10.1 Å². The molecule has 0 radical (unpaired) electrons. The zero-order valence-corrected chi connectivity index (χ0v) is 13.5. The van der Waals surface area contributed by atoms with Crippen molar-refractivity contribution in [3.8, 4) is 5.75 Å². The molecule has 0 aliphatic carbocycles. The molecule has 5 heteroatoms. The highest BCUT2D eigenvalue weighted by atomic mass is 32.2. The summed E-state index contributed by atoms with van der Waals surface area (Å²) in [5.41, 5.74) is 2.26. The molecule has 4 nitrogen and oxygen atoms in total. The van der Waals surface area contributed by atoms with Crippen LogP contribution in [0.3, 0.4) is 0 Å². The number of nitrogens with one attached hydrogen (secondary N) is 1. The molecule has 1 aromatic carbocycles. The summed E-state index contributed by atoms with van der Waals surface area (Å²) in [6.07, 6.45) is 1.10. The second-order valence-electron chi connectivity index (χ2n) is 5.28. The fourth-order valence-electron chi connectivity index (χ4n) is 1.95. The summed E-state index contributed by atoms with van der Waals surface area (Å²) < 4.78 is 16.7. The Kier molecular flexibility index (Phi) is 7.19. The third-order valence-electron chi connectivity index (χ3n) is 2.95. The highest BCUT2D eigenvalue weighted by molar-refractivity contribution is 7.84. The number of ether oxygens (including phenoxy) is 1. The van der Waals surface area contributed by atoms with Crippen LogP contribution in [0.25, 0.3) is 0 Å². The van der Waals surface area contributed by atoms with Crippen LogP contribution in [-0.2, 0) is 10.8 Å². The van der Waals surface area contributed by atoms with Gasteiger partial charge in [0.2, 0.25) is 0 Å². The molecular formula is C15H25NO3S. The molecule has 114 valence electrons. The van der Waals surface area contributed by atoms with E-state index in [0.29, 0.717) is 12.3 Å². The Morgan fingerprint density at radius 2 is 2.10 bits per heavy atom. The largest absolute Gasteiger partial charge is 0.491 e. The molecule has 0 spiro atoms. The van der Waals surface area contributed by atoms with Gasteiger partial charge in [0.15, 0.2) is 0 Å². The second kappa shape index (κ2) is 8.39. The third-order valence-corrected chi connectivity index (χ3v) is 3.92. The van der Waals surface area contributed by atoms with E-state index in [1.807, 2.05) is 32.9 Å². The van der Waals surface area contributed by atoms with Crippen molar-refractivity contribution in [3.63, 3.8) is 0 Å². The number of aliphatic hydroxyl groups excluding tert-OH is 1. The van der Waals surface area contributed by atoms with Crippen LogP contribution in [-0.4, -0.2) is 46.6 Å². The molecular weight excluding hydrogens is 274 g/mol. The summed E-state index contributed by atoms with van der Waals surface area (Å²) in [6.45, 7) is 6.67. The van der Waals surface area contributed by atoms with Gasteiger partial charge in [-0.3, -0.25) is 4.21 Å². The molecule has 1 rings (SSSR count). The molecule has 0 fully saturated rings. The van der Waals surface area contributed by atoms with Crippen LogP contribution in [0.2, 0.25) is 0 Å². The topological polar surface area (TPSA) is 58.6 Å². The van der Waals surface area contributed by atoms with Gasteiger partial charge in [-0.05, 0) is 32.4 Å². The lowest BCUT2D eigenvalue weighted by molar-refractivity contribution is 0.104. The molecule has 0 saturated carbocycles. The van der Waals surface area contributed by atoms with Crippen molar-refractivity contribution >= 4 is 10.8 Å². The van der Waals surface area contributed by atoms with E-state index >= 15 is 0 Å². The zero-order valence-electron chi connectivity index (χ0n) is 12.7. The number of rotatable bonds is 8. The molecule has 0 saturated heterocycles. The van der Waals surface area contributed by atoms with Crippen LogP contribution >= 0.6 is 0 Å². The summed E-state index contributed by atoms with van der Waals surface area (Å²) in [6, 6.07) is 6.09. The van der Waals surface area contributed by atoms with Gasteiger partial charge in [0, 0.05) is 35.4 Å². The first-order valence-electron chi connectivity index (χ1n) is 6.80. The summed E-state index contributed by atoms with van der Waals surface area (Å²) >= 11 is 0. The molecule has 0 amide bonds. The van der Waals surface area contributed by atoms with Crippen LogP contribution in [0.5, 0.6) is 5.75 Å². The number of benzene rings is 1. The minimum atomic E-state index is -0.825. The normalized spacial score (nSPS) is 15.7. The molecule has 20 heavy (non-hydrogen) atoms. The van der Waals surface area contributed by atoms with E-state index < -0.39 is 16.9 Å². The summed E-state index contributed by atoms with van der Waals surface area (Å²) in [5.74, 6) is 1.39. The SMILES string of the molecule is Cc1ccc(OCC(O)CNC(C)CS(C)=O)c(C)c1. The van der Waals surface area contributed by atoms with Crippen LogP contribution in [0, 0.1) is 13.8 Å². The minimum Gasteiger partial charge on any atom is -0.491 e. The Hall–Kier alpha value is -0.910. The lowest BCUT2D eigenvalue weighted by Gasteiger charge is -2.17. The molecule has 0 aliphatic rings. The van der Waals surface area contributed by atoms with E-state index in [-0.39, 0.29) is 12.6 Å². The molecule has 2 N–H and O–H groups in total. The molecule has 0 aliphatic heterocycles. The average molecular weight is 299 g/mol. The molecule has 0 heterocycles. The van der Waals surface area contributed by atoms with Crippen LogP contribution in [0.15, 0.2) is 18.2 Å². The van der Waals surface area contributed by atoms with Gasteiger partial charge in [-0.2, -0.15) is 0 Å². The number of aliphatic hydroxyl groups is 1. The van der Waals surface area contributed by atoms with Crippen molar-refractivity contribution in [2.75, 3.05) is 25.2 Å². The van der Waals surface area contributed by atoms with Crippen LogP contribution in [0.4, 0.5) is 0 Å². The van der Waals surface area contributed by atoms with Gasteiger partial charge in [0.05, 0.1) is 0 Å². The standard InChI is InChI=1S/C15H25NO3S/c1-11-5-6-15(12(2)7-11)19-9-14(17)8-16-13(3)10-20(4)18/h5-7,13-14,16-17H,8-10H2,1-4H3. The van der Waals surface area contributed by atoms with E-state index in [1.54, 1.807) is 6.26 Å². The monoisotopic (exact) mass is 299 g/mol. The van der Waals surface area contributed by atoms with Crippen molar-refractivity contribution in [1.82, 2.24) is 5.32 Å². The predicted molar refractivity (Wildman–Crippen MR) is 83.8 cm³/mol. The molecule has 3 unspecified atom stereocenters. The van der Waals surface area contributed by atoms with Gasteiger partial charge in [-0.15, -0.1) is 0 Å². The van der Waals surface area contributed by atoms with Crippen LogP contribution in [0.1, 0.15) is 18.1 Å². The van der Waals surface area contributed by atoms with Gasteiger partial charge in [-0.1, -0.05) is 17.7 Å². The molecule has 1 aromatic rings. The fraction of sp³-hybridized carbons (Fsp3) is 0.600. The smallest absolute Gasteiger partial charge is 0.122 e. The maximum Gasteiger partial charge on any atom is 0.122 e. The van der Waals surface area contributed by atoms with Gasteiger partial charge in [0.1, 0.15) is 18.5 Å². The predicted octanol–water partition coefficient (Wildman–Crippen LogP) is 1.40. The first kappa shape index (κ1) is 17.1. The Bertz CT molecular complexity index is 451. The number of hydrogen-bond acceptors (Lipinski definition) is 4. The average Bonchev–Trinajstić information content (AvgIpc) is 2.34. The quantitative estimate of drug-likeness (QED) is 0.762. The first-order valence-corrected chi connectivity index (χ1v) is 8.52. The molecule has 0 aromatic heterocycles. The fourth-order valence-corrected chi connectivity index (χ4v) is 2.78. The second-order valence-corrected chi connectivity index (χ2v) is 6.76. The van der Waals surface area contributed by atoms with Crippen molar-refractivity contribution in [2.24, 2.45) is 0 Å². The van der Waals surface area contributed by atoms with Gasteiger partial charge < -0.3 is 15.2 Å². The van der Waals surface area contributed by atoms with Gasteiger partial charge in [-0.25, -0.2) is 0 Å². The van der Waals surface area contributed by atoms with Crippen molar-refractivity contribution < 1.29 is 14.1 Å². The Labute approximate surface area is 124 Å². The van der Waals surface area contributed by atoms with Gasteiger partial charge in [0.25, 0.3) is 0 Å². The number of hydrogen-bond donors (Lipinski definition) is 2. The zero-order chi connectivity index (χ0) is 15.1. The Morgan fingerprint density at radius 3 is 2.70 bits per heavy atom. The van der Waals surface area contributed by atoms with Crippen molar-refractivity contribution in [3.05, 3.63) is 29.3 Å². The summed E-state index contributed by atoms with van der Waals surface area (Å²) in [5, 5.41) is 13.0. The van der Waals surface area contributed by atoms with Crippen molar-refractivity contribution in [2.45, 2.75) is 32.9 Å². The van der Waals surface area contributed by atoms with Crippen molar-refractivity contribution in [1.29, 1.82) is 0 Å². The third kappa shape index (κ3) is 6.50. The van der Waals surface area contributed by atoms with E-state index in [4.69, 9.17) is 4.74 Å². The van der Waals surface area contributed by atoms with Gasteiger partial charge >= 0.3 is 0 Å². The Balaban J connectivity index is 2.32. The van der Waals surface area contributed by atoms with E-state index in [1.165, 1.54) is 5.56 Å². The highest BCUT2D eigenvalue weighted by Crippen LogP contribution is 2.18. The molecule has 0 bridgehead atoms. The Morgan fingerprint density at radius 1 is 1.40 bits per heavy atom. The van der Waals surface area contributed by atoms with E-state index in [2.05, 4.69) is 11.4 Å². The first-order chi connectivity index (χ1) is 9.38. The van der Waals surface area contributed by atoms with E-state index in [9.17, 15) is 9.32 Å². The summed E-state index contributed by atoms with van der Waals surface area (Å²) in [4.78, 5) is 0. The summed E-state index contributed by atoms with van der Waals surface area (Å²) in [7, 11) is -0.825.